The maximum atomic E-state index is 3.79. The van der Waals surface area contributed by atoms with Crippen LogP contribution in [0.15, 0.2) is 0 Å². The van der Waals surface area contributed by atoms with Crippen LogP contribution in [0, 0.1) is 0 Å². The average molecular weight is 320 g/mol. The van der Waals surface area contributed by atoms with Gasteiger partial charge < -0.3 is 0 Å². The summed E-state index contributed by atoms with van der Waals surface area (Å²) in [5, 5.41) is 7.58. The zero-order valence-corrected chi connectivity index (χ0v) is 16.7. The Bertz CT molecular complexity index is 280. The molecule has 20 heavy (non-hydrogen) atoms. The first-order valence-electron chi connectivity index (χ1n) is 7.58. The molecule has 0 aliphatic carbocycles. The van der Waals surface area contributed by atoms with Crippen molar-refractivity contribution < 1.29 is 0 Å². The van der Waals surface area contributed by atoms with Crippen LogP contribution < -0.4 is 10.2 Å². The van der Waals surface area contributed by atoms with Crippen molar-refractivity contribution in [1.29, 1.82) is 0 Å². The lowest BCUT2D eigenvalue weighted by Gasteiger charge is -2.65. The lowest BCUT2D eigenvalue weighted by molar-refractivity contribution is 0.269. The maximum absolute atomic E-state index is 3.79. The number of hydrogen-bond donors (Lipinski definition) is 2. The van der Waals surface area contributed by atoms with Crippen molar-refractivity contribution >= 4 is 16.7 Å². The molecule has 1 heterocycles. The van der Waals surface area contributed by atoms with Crippen LogP contribution in [0.2, 0.25) is 0 Å². The highest BCUT2D eigenvalue weighted by Crippen LogP contribution is 2.77. The smallest absolute Gasteiger partial charge is 0.130 e. The first-order chi connectivity index (χ1) is 8.85. The van der Waals surface area contributed by atoms with Crippen molar-refractivity contribution in [3.63, 3.8) is 0 Å². The second-order valence-corrected chi connectivity index (χ2v) is 12.0. The molecule has 0 aromatic rings. The molecule has 120 valence electrons. The first-order valence-corrected chi connectivity index (χ1v) is 10.1. The first kappa shape index (κ1) is 18.7. The van der Waals surface area contributed by atoms with E-state index in [9.17, 15) is 0 Å². The molecule has 0 aromatic carbocycles. The van der Waals surface area contributed by atoms with Crippen molar-refractivity contribution in [3.8, 4) is 0 Å². The summed E-state index contributed by atoms with van der Waals surface area (Å²) in [6.07, 6.45) is 0. The van der Waals surface area contributed by atoms with Gasteiger partial charge in [0.25, 0.3) is 0 Å². The van der Waals surface area contributed by atoms with Gasteiger partial charge in [-0.2, -0.15) is 0 Å². The van der Waals surface area contributed by atoms with Crippen molar-refractivity contribution in [2.45, 2.75) is 92.4 Å². The molecule has 4 nitrogen and oxygen atoms in total. The SMILES string of the molecule is CC(C)NP1N(C(C)(C)C)P(NC(C)C)N1C(C)(C)C. The summed E-state index contributed by atoms with van der Waals surface area (Å²) in [6.45, 7) is 22.9. The van der Waals surface area contributed by atoms with Crippen LogP contribution >= 0.6 is 16.7 Å². The summed E-state index contributed by atoms with van der Waals surface area (Å²) < 4.78 is 5.34. The van der Waals surface area contributed by atoms with Gasteiger partial charge in [-0.3, -0.25) is 10.2 Å². The van der Waals surface area contributed by atoms with Gasteiger partial charge in [-0.25, -0.2) is 8.88 Å². The van der Waals surface area contributed by atoms with Gasteiger partial charge in [0.05, 0.1) is 0 Å². The molecule has 0 aromatic heterocycles. The highest BCUT2D eigenvalue weighted by Gasteiger charge is 2.56. The zero-order chi connectivity index (χ0) is 15.9. The molecule has 1 aliphatic rings. The molecular formula is C14H34N4P2. The topological polar surface area (TPSA) is 30.5 Å². The standard InChI is InChI=1S/C14H34N4P2/c1-11(2)15-19-17(13(5,6)7)20(16-12(3)4)18(19)14(8,9)10/h11-12,15-16H,1-10H3. The predicted molar refractivity (Wildman–Crippen MR) is 93.6 cm³/mol. The number of hydrogen-bond acceptors (Lipinski definition) is 4. The Morgan fingerprint density at radius 1 is 0.650 bits per heavy atom. The quantitative estimate of drug-likeness (QED) is 0.738. The largest absolute Gasteiger partial charge is 0.268 e. The molecule has 0 radical (unpaired) electrons. The zero-order valence-electron chi connectivity index (χ0n) is 14.9. The summed E-state index contributed by atoms with van der Waals surface area (Å²) in [6, 6.07) is 1.01. The second kappa shape index (κ2) is 6.44. The molecule has 1 fully saturated rings. The molecule has 1 saturated heterocycles. The van der Waals surface area contributed by atoms with E-state index in [4.69, 9.17) is 0 Å². The summed E-state index contributed by atoms with van der Waals surface area (Å²) in [4.78, 5) is 0. The molecule has 0 bridgehead atoms. The minimum Gasteiger partial charge on any atom is -0.268 e. The van der Waals surface area contributed by atoms with Crippen LogP contribution in [0.25, 0.3) is 0 Å². The van der Waals surface area contributed by atoms with E-state index >= 15 is 0 Å². The van der Waals surface area contributed by atoms with Crippen LogP contribution in [-0.2, 0) is 0 Å². The molecule has 1 rings (SSSR count). The fourth-order valence-electron chi connectivity index (χ4n) is 2.11. The van der Waals surface area contributed by atoms with Gasteiger partial charge in [0, 0.05) is 23.2 Å². The van der Waals surface area contributed by atoms with Gasteiger partial charge in [0.15, 0.2) is 0 Å². The van der Waals surface area contributed by atoms with E-state index in [2.05, 4.69) is 88.3 Å². The van der Waals surface area contributed by atoms with E-state index in [1.807, 2.05) is 0 Å². The van der Waals surface area contributed by atoms with E-state index in [0.29, 0.717) is 12.1 Å². The van der Waals surface area contributed by atoms with Crippen LogP contribution in [-0.4, -0.2) is 32.0 Å². The van der Waals surface area contributed by atoms with Crippen molar-refractivity contribution in [1.82, 2.24) is 19.1 Å². The molecule has 6 heteroatoms. The normalized spacial score (nSPS) is 26.4. The molecule has 0 amide bonds. The summed E-state index contributed by atoms with van der Waals surface area (Å²) in [7, 11) is -0.854. The third-order valence-corrected chi connectivity index (χ3v) is 10.0. The molecule has 0 saturated carbocycles. The van der Waals surface area contributed by atoms with Gasteiger partial charge in [-0.05, 0) is 69.2 Å². The van der Waals surface area contributed by atoms with Gasteiger partial charge in [-0.15, -0.1) is 0 Å². The minimum absolute atomic E-state index is 0.183. The van der Waals surface area contributed by atoms with E-state index < -0.39 is 16.7 Å². The molecule has 2 N–H and O–H groups in total. The van der Waals surface area contributed by atoms with Crippen LogP contribution in [0.4, 0.5) is 0 Å². The van der Waals surface area contributed by atoms with Crippen LogP contribution in [0.3, 0.4) is 0 Å². The second-order valence-electron chi connectivity index (χ2n) is 8.07. The maximum Gasteiger partial charge on any atom is 0.130 e. The Morgan fingerprint density at radius 2 is 0.900 bits per heavy atom. The highest BCUT2D eigenvalue weighted by molar-refractivity contribution is 7.80. The lowest BCUT2D eigenvalue weighted by atomic mass is 10.1. The van der Waals surface area contributed by atoms with E-state index in [1.54, 1.807) is 0 Å². The summed E-state index contributed by atoms with van der Waals surface area (Å²) in [5.74, 6) is 0. The molecule has 1 aliphatic heterocycles. The Kier molecular flexibility index (Phi) is 6.04. The molecule has 0 unspecified atom stereocenters. The monoisotopic (exact) mass is 320 g/mol. The molecule has 0 spiro atoms. The van der Waals surface area contributed by atoms with Crippen LogP contribution in [0.5, 0.6) is 0 Å². The Hall–Kier alpha value is 0.700. The van der Waals surface area contributed by atoms with E-state index in [-0.39, 0.29) is 11.1 Å². The van der Waals surface area contributed by atoms with Crippen molar-refractivity contribution in [3.05, 3.63) is 0 Å². The lowest BCUT2D eigenvalue weighted by Crippen LogP contribution is -2.59. The fraction of sp³-hybridized carbons (Fsp3) is 1.00. The number of rotatable bonds is 4. The van der Waals surface area contributed by atoms with Gasteiger partial charge in [0.2, 0.25) is 0 Å². The Labute approximate surface area is 128 Å². The van der Waals surface area contributed by atoms with Gasteiger partial charge in [0.1, 0.15) is 16.7 Å². The summed E-state index contributed by atoms with van der Waals surface area (Å²) in [5.41, 5.74) is 0.367. The van der Waals surface area contributed by atoms with Gasteiger partial charge >= 0.3 is 0 Å². The Balaban J connectivity index is 3.04. The van der Waals surface area contributed by atoms with Crippen molar-refractivity contribution in [2.24, 2.45) is 0 Å². The molecule has 0 atom stereocenters. The van der Waals surface area contributed by atoms with Gasteiger partial charge in [-0.1, -0.05) is 0 Å². The van der Waals surface area contributed by atoms with E-state index in [0.717, 1.165) is 0 Å². The third-order valence-electron chi connectivity index (χ3n) is 2.67. The number of nitrogens with zero attached hydrogens (tertiary/aromatic N) is 2. The predicted octanol–water partition coefficient (Wildman–Crippen LogP) is 4.65. The Morgan fingerprint density at radius 3 is 1.05 bits per heavy atom. The van der Waals surface area contributed by atoms with E-state index in [1.165, 1.54) is 0 Å². The highest BCUT2D eigenvalue weighted by atomic mass is 31.3. The average Bonchev–Trinajstić information content (AvgIpc) is 2.08. The van der Waals surface area contributed by atoms with Crippen LogP contribution in [0.1, 0.15) is 69.2 Å². The number of nitrogens with one attached hydrogen (secondary N) is 2. The minimum atomic E-state index is -0.427. The third kappa shape index (κ3) is 4.35. The van der Waals surface area contributed by atoms with Crippen molar-refractivity contribution in [2.75, 3.05) is 0 Å². The fourth-order valence-corrected chi connectivity index (χ4v) is 8.41. The molecular weight excluding hydrogens is 286 g/mol. The summed E-state index contributed by atoms with van der Waals surface area (Å²) >= 11 is 0.